The zero-order valence-electron chi connectivity index (χ0n) is 30.1. The molecule has 18 nitrogen and oxygen atoms in total. The first-order valence-corrected chi connectivity index (χ1v) is 17.1. The lowest BCUT2D eigenvalue weighted by atomic mass is 10.2. The maximum absolute atomic E-state index is 6.47. The van der Waals surface area contributed by atoms with Gasteiger partial charge in [-0.2, -0.15) is 0 Å². The molecule has 3 aromatic heterocycles. The van der Waals surface area contributed by atoms with Crippen LogP contribution in [0.4, 0.5) is 0 Å². The van der Waals surface area contributed by atoms with Crippen molar-refractivity contribution in [3.63, 3.8) is 0 Å². The van der Waals surface area contributed by atoms with Gasteiger partial charge in [0.1, 0.15) is 12.3 Å². The number of rotatable bonds is 11. The third kappa shape index (κ3) is 8.81. The van der Waals surface area contributed by atoms with Gasteiger partial charge in [0.25, 0.3) is 0 Å². The molecular weight excluding hydrogens is 648 g/mol. The zero-order valence-corrected chi connectivity index (χ0v) is 30.1. The first-order chi connectivity index (χ1) is 24.5. The van der Waals surface area contributed by atoms with Crippen LogP contribution in [-0.4, -0.2) is 111 Å². The Hall–Kier alpha value is -5.94. The molecule has 0 aliphatic carbocycles. The quantitative estimate of drug-likeness (QED) is 0.136. The summed E-state index contributed by atoms with van der Waals surface area (Å²) in [7, 11) is 3.90. The lowest BCUT2D eigenvalue weighted by Crippen LogP contribution is -2.54. The Morgan fingerprint density at radius 3 is 1.86 bits per heavy atom. The fourth-order valence-corrected chi connectivity index (χ4v) is 5.96. The molecule has 3 aliphatic heterocycles. The molecule has 6 heterocycles. The molecule has 0 bridgehead atoms. The molecule has 272 valence electrons. The van der Waals surface area contributed by atoms with Gasteiger partial charge in [-0.1, -0.05) is 0 Å². The molecular formula is C33H50N18. The van der Waals surface area contributed by atoms with Gasteiger partial charge in [0, 0.05) is 82.4 Å². The molecule has 0 radical (unpaired) electrons. The number of aromatic nitrogens is 3. The number of nitrogens with zero attached hydrogens (tertiary/aromatic N) is 9. The molecule has 3 atom stereocenters. The second-order valence-corrected chi connectivity index (χ2v) is 13.1. The van der Waals surface area contributed by atoms with Crippen LogP contribution in [0.3, 0.4) is 0 Å². The molecule has 11 N–H and O–H groups in total. The molecule has 0 spiro atoms. The second kappa shape index (κ2) is 15.3. The van der Waals surface area contributed by atoms with E-state index in [1.165, 1.54) is 0 Å². The average Bonchev–Trinajstić information content (AvgIpc) is 3.81. The topological polar surface area (TPSA) is 231 Å². The van der Waals surface area contributed by atoms with Crippen LogP contribution in [0, 0.1) is 20.8 Å². The van der Waals surface area contributed by atoms with Crippen molar-refractivity contribution in [3.05, 3.63) is 70.6 Å². The third-order valence-electron chi connectivity index (χ3n) is 8.88. The fraction of sp³-hybridized carbons (Fsp3) is 0.455. The zero-order chi connectivity index (χ0) is 36.1. The van der Waals surface area contributed by atoms with Gasteiger partial charge in [-0.3, -0.25) is 16.0 Å². The number of aliphatic imine (C=N–C) groups is 6. The summed E-state index contributed by atoms with van der Waals surface area (Å²) in [6, 6.07) is 6.19. The van der Waals surface area contributed by atoms with Gasteiger partial charge in [-0.05, 0) is 62.6 Å². The molecule has 0 amide bonds. The molecule has 3 aromatic rings. The predicted molar refractivity (Wildman–Crippen MR) is 202 cm³/mol. The number of H-pyrrole nitrogens is 3. The van der Waals surface area contributed by atoms with Crippen LogP contribution in [0.2, 0.25) is 0 Å². The van der Waals surface area contributed by atoms with E-state index in [9.17, 15) is 0 Å². The second-order valence-electron chi connectivity index (χ2n) is 13.1. The molecule has 18 heteroatoms. The number of nitrogens with two attached hydrogens (primary N) is 2. The van der Waals surface area contributed by atoms with E-state index in [1.54, 1.807) is 0 Å². The minimum Gasteiger partial charge on any atom is -0.370 e. The standard InChI is InChI=1S/C33H50N18/c1-19-23(7-11-36-19)15-39-30-44-26(42-28(34)46-30)10-14-50(16-24-8-12-37-20(24)2)33-45-27(43-29(35)47-33)18-51(17-25-9-13-38-21(25)3)32-41-22(4)40-31(48-32)49(5)6/h7-9,11-13,22,26-27,36-38H,10,14-18H2,1-6H3,(H,40,41,48)(H3,35,43,45,47)(H4,34,39,42,44,46). The van der Waals surface area contributed by atoms with Gasteiger partial charge in [0.05, 0.1) is 6.54 Å². The summed E-state index contributed by atoms with van der Waals surface area (Å²) in [5, 5.41) is 13.0. The van der Waals surface area contributed by atoms with E-state index >= 15 is 0 Å². The van der Waals surface area contributed by atoms with Crippen molar-refractivity contribution in [2.75, 3.05) is 27.2 Å². The normalized spacial score (nSPS) is 20.0. The van der Waals surface area contributed by atoms with Crippen LogP contribution >= 0.6 is 0 Å². The highest BCUT2D eigenvalue weighted by atomic mass is 15.4. The van der Waals surface area contributed by atoms with E-state index in [4.69, 9.17) is 31.4 Å². The Morgan fingerprint density at radius 2 is 1.24 bits per heavy atom. The summed E-state index contributed by atoms with van der Waals surface area (Å²) < 4.78 is 0. The average molecular weight is 699 g/mol. The lowest BCUT2D eigenvalue weighted by molar-refractivity contribution is 0.350. The smallest absolute Gasteiger partial charge is 0.203 e. The van der Waals surface area contributed by atoms with Crippen LogP contribution in [0.25, 0.3) is 0 Å². The van der Waals surface area contributed by atoms with E-state index < -0.39 is 12.3 Å². The molecule has 3 unspecified atom stereocenters. The Balaban J connectivity index is 1.22. The maximum atomic E-state index is 6.47. The minimum absolute atomic E-state index is 0.253. The van der Waals surface area contributed by atoms with Gasteiger partial charge in [-0.25, -0.2) is 30.0 Å². The molecule has 0 saturated heterocycles. The van der Waals surface area contributed by atoms with Crippen molar-refractivity contribution >= 4 is 35.8 Å². The number of hydrogen-bond acceptors (Lipinski definition) is 15. The van der Waals surface area contributed by atoms with Gasteiger partial charge in [0.15, 0.2) is 18.1 Å². The van der Waals surface area contributed by atoms with E-state index in [2.05, 4.69) is 82.0 Å². The van der Waals surface area contributed by atoms with Crippen LogP contribution < -0.4 is 32.7 Å². The van der Waals surface area contributed by atoms with Crippen LogP contribution in [0.1, 0.15) is 47.1 Å². The van der Waals surface area contributed by atoms with Gasteiger partial charge >= 0.3 is 0 Å². The van der Waals surface area contributed by atoms with Crippen molar-refractivity contribution in [3.8, 4) is 0 Å². The molecule has 0 fully saturated rings. The predicted octanol–water partition coefficient (Wildman–Crippen LogP) is 0.503. The highest BCUT2D eigenvalue weighted by Gasteiger charge is 2.28. The third-order valence-corrected chi connectivity index (χ3v) is 8.88. The van der Waals surface area contributed by atoms with E-state index in [1.807, 2.05) is 57.5 Å². The van der Waals surface area contributed by atoms with E-state index in [-0.39, 0.29) is 12.1 Å². The molecule has 51 heavy (non-hydrogen) atoms. The molecule has 3 aliphatic rings. The van der Waals surface area contributed by atoms with Crippen LogP contribution in [0.5, 0.6) is 0 Å². The summed E-state index contributed by atoms with van der Waals surface area (Å²) in [6.07, 6.45) is 5.21. The molecule has 6 rings (SSSR count). The number of aryl methyl sites for hydroxylation is 3. The molecule has 0 aromatic carbocycles. The van der Waals surface area contributed by atoms with Gasteiger partial charge < -0.3 is 46.4 Å². The molecule has 0 saturated carbocycles. The van der Waals surface area contributed by atoms with Crippen LogP contribution in [0.15, 0.2) is 66.7 Å². The number of aromatic amines is 3. The summed E-state index contributed by atoms with van der Waals surface area (Å²) in [4.78, 5) is 44.7. The largest absolute Gasteiger partial charge is 0.370 e. The van der Waals surface area contributed by atoms with Crippen molar-refractivity contribution in [2.45, 2.75) is 72.2 Å². The number of nitrogens with one attached hydrogen (secondary N) is 7. The summed E-state index contributed by atoms with van der Waals surface area (Å²) in [5.41, 5.74) is 19.3. The van der Waals surface area contributed by atoms with Gasteiger partial charge in [0.2, 0.25) is 23.8 Å². The Morgan fingerprint density at radius 1 is 0.667 bits per heavy atom. The van der Waals surface area contributed by atoms with E-state index in [0.29, 0.717) is 63.0 Å². The van der Waals surface area contributed by atoms with Gasteiger partial charge in [-0.15, -0.1) is 0 Å². The highest BCUT2D eigenvalue weighted by molar-refractivity contribution is 6.01. The van der Waals surface area contributed by atoms with Crippen molar-refractivity contribution in [1.29, 1.82) is 0 Å². The maximum Gasteiger partial charge on any atom is 0.203 e. The summed E-state index contributed by atoms with van der Waals surface area (Å²) in [6.45, 7) is 10.9. The number of guanidine groups is 6. The number of hydrogen-bond donors (Lipinski definition) is 9. The summed E-state index contributed by atoms with van der Waals surface area (Å²) >= 11 is 0. The SMILES string of the molecule is Cc1[nH]ccc1CNC1=NC(CCN(Cc2cc[nH]c2C)C2=NC(CN(Cc3cc[nH]c3C)C3=NC(C)N=C(N(C)C)N3)N=C(N)N2)N=C(N)N1. The van der Waals surface area contributed by atoms with Crippen molar-refractivity contribution < 1.29 is 0 Å². The Bertz CT molecular complexity index is 1850. The monoisotopic (exact) mass is 698 g/mol. The first kappa shape index (κ1) is 34.9. The van der Waals surface area contributed by atoms with Crippen LogP contribution in [-0.2, 0) is 19.6 Å². The van der Waals surface area contributed by atoms with Crippen molar-refractivity contribution in [1.82, 2.24) is 50.9 Å². The highest BCUT2D eigenvalue weighted by Crippen LogP contribution is 2.17. The van der Waals surface area contributed by atoms with E-state index in [0.717, 1.165) is 39.7 Å². The first-order valence-electron chi connectivity index (χ1n) is 17.1. The fourth-order valence-electron chi connectivity index (χ4n) is 5.96. The Labute approximate surface area is 297 Å². The lowest BCUT2D eigenvalue weighted by Gasteiger charge is -2.34. The Kier molecular flexibility index (Phi) is 10.5. The summed E-state index contributed by atoms with van der Waals surface area (Å²) in [5.74, 6) is 3.23. The van der Waals surface area contributed by atoms with Crippen molar-refractivity contribution in [2.24, 2.45) is 41.4 Å². The minimum atomic E-state index is -0.518.